The van der Waals surface area contributed by atoms with Crippen LogP contribution in [-0.4, -0.2) is 16.7 Å². The van der Waals surface area contributed by atoms with E-state index in [-0.39, 0.29) is 6.61 Å². The summed E-state index contributed by atoms with van der Waals surface area (Å²) in [5.41, 5.74) is 1.47. The summed E-state index contributed by atoms with van der Waals surface area (Å²) in [6, 6.07) is 5.52. The number of hydrogen-bond donors (Lipinski definition) is 1. The molecule has 1 N–H and O–H groups in total. The van der Waals surface area contributed by atoms with E-state index in [1.807, 2.05) is 12.1 Å². The molecule has 0 radical (unpaired) electrons. The summed E-state index contributed by atoms with van der Waals surface area (Å²) < 4.78 is 13.4. The maximum absolute atomic E-state index is 13.4. The van der Waals surface area contributed by atoms with Gasteiger partial charge in [-0.05, 0) is 18.2 Å². The standard InChI is InChI=1S/C12H10FNOS/c13-11(3-5-15)10-6-12(16-8-10)9-2-1-4-14-7-9/h1-4,6-8,15H,5H2. The Morgan fingerprint density at radius 1 is 1.56 bits per heavy atom. The summed E-state index contributed by atoms with van der Waals surface area (Å²) >= 11 is 1.45. The maximum atomic E-state index is 13.4. The third-order valence-corrected chi connectivity index (χ3v) is 3.07. The first-order valence-electron chi connectivity index (χ1n) is 4.77. The van der Waals surface area contributed by atoms with Crippen LogP contribution in [0.15, 0.2) is 42.0 Å². The molecule has 4 heteroatoms. The smallest absolute Gasteiger partial charge is 0.129 e. The molecule has 0 aliphatic rings. The zero-order valence-electron chi connectivity index (χ0n) is 8.43. The van der Waals surface area contributed by atoms with E-state index in [4.69, 9.17) is 5.11 Å². The molecule has 0 atom stereocenters. The minimum absolute atomic E-state index is 0.288. The zero-order chi connectivity index (χ0) is 11.4. The maximum Gasteiger partial charge on any atom is 0.129 e. The highest BCUT2D eigenvalue weighted by Gasteiger charge is 2.05. The fourth-order valence-corrected chi connectivity index (χ4v) is 2.21. The molecule has 2 nitrogen and oxygen atoms in total. The lowest BCUT2D eigenvalue weighted by atomic mass is 10.2. The van der Waals surface area contributed by atoms with Crippen LogP contribution in [0.4, 0.5) is 4.39 Å². The average molecular weight is 235 g/mol. The molecular weight excluding hydrogens is 225 g/mol. The first kappa shape index (κ1) is 11.0. The van der Waals surface area contributed by atoms with E-state index in [1.165, 1.54) is 11.3 Å². The van der Waals surface area contributed by atoms with Crippen LogP contribution in [0.1, 0.15) is 5.56 Å². The van der Waals surface area contributed by atoms with Crippen LogP contribution in [0, 0.1) is 0 Å². The zero-order valence-corrected chi connectivity index (χ0v) is 9.25. The van der Waals surface area contributed by atoms with E-state index in [9.17, 15) is 4.39 Å². The summed E-state index contributed by atoms with van der Waals surface area (Å²) in [6.45, 7) is -0.288. The number of aliphatic hydroxyl groups excluding tert-OH is 1. The van der Waals surface area contributed by atoms with Crippen molar-refractivity contribution >= 4 is 17.2 Å². The van der Waals surface area contributed by atoms with Gasteiger partial charge in [0.05, 0.1) is 6.61 Å². The Morgan fingerprint density at radius 2 is 2.44 bits per heavy atom. The quantitative estimate of drug-likeness (QED) is 0.886. The van der Waals surface area contributed by atoms with Crippen LogP contribution in [0.25, 0.3) is 16.3 Å². The van der Waals surface area contributed by atoms with Gasteiger partial charge in [-0.3, -0.25) is 4.98 Å². The fraction of sp³-hybridized carbons (Fsp3) is 0.0833. The van der Waals surface area contributed by atoms with Gasteiger partial charge in [0.2, 0.25) is 0 Å². The number of pyridine rings is 1. The normalized spacial score (nSPS) is 11.8. The number of nitrogens with zero attached hydrogens (tertiary/aromatic N) is 1. The average Bonchev–Trinajstić information content (AvgIpc) is 2.80. The van der Waals surface area contributed by atoms with Crippen LogP contribution < -0.4 is 0 Å². The molecule has 0 aromatic carbocycles. The van der Waals surface area contributed by atoms with E-state index in [0.717, 1.165) is 16.5 Å². The number of aliphatic hydroxyl groups is 1. The molecule has 0 saturated heterocycles. The van der Waals surface area contributed by atoms with Crippen LogP contribution in [-0.2, 0) is 0 Å². The summed E-state index contributed by atoms with van der Waals surface area (Å²) in [5.74, 6) is -0.395. The topological polar surface area (TPSA) is 33.1 Å². The van der Waals surface area contributed by atoms with Gasteiger partial charge in [-0.15, -0.1) is 11.3 Å². The molecule has 0 unspecified atom stereocenters. The highest BCUT2D eigenvalue weighted by molar-refractivity contribution is 7.13. The second kappa shape index (κ2) is 5.01. The highest BCUT2D eigenvalue weighted by Crippen LogP contribution is 2.30. The van der Waals surface area contributed by atoms with E-state index in [1.54, 1.807) is 23.8 Å². The predicted molar refractivity (Wildman–Crippen MR) is 63.7 cm³/mol. The minimum Gasteiger partial charge on any atom is -0.392 e. The van der Waals surface area contributed by atoms with Gasteiger partial charge in [-0.2, -0.15) is 0 Å². The molecule has 2 aromatic heterocycles. The van der Waals surface area contributed by atoms with Crippen molar-refractivity contribution in [2.45, 2.75) is 0 Å². The van der Waals surface area contributed by atoms with Crippen molar-refractivity contribution in [3.05, 3.63) is 47.6 Å². The Hall–Kier alpha value is -1.52. The van der Waals surface area contributed by atoms with E-state index < -0.39 is 5.83 Å². The van der Waals surface area contributed by atoms with Crippen molar-refractivity contribution < 1.29 is 9.50 Å². The molecule has 82 valence electrons. The molecule has 0 bridgehead atoms. The Kier molecular flexibility index (Phi) is 3.44. The fourth-order valence-electron chi connectivity index (χ4n) is 1.32. The Morgan fingerprint density at radius 3 is 3.12 bits per heavy atom. The molecule has 2 heterocycles. The van der Waals surface area contributed by atoms with Crippen molar-refractivity contribution in [2.75, 3.05) is 6.61 Å². The van der Waals surface area contributed by atoms with E-state index in [0.29, 0.717) is 5.56 Å². The van der Waals surface area contributed by atoms with E-state index >= 15 is 0 Å². The molecule has 0 fully saturated rings. The Bertz CT molecular complexity index is 493. The van der Waals surface area contributed by atoms with Crippen molar-refractivity contribution in [1.29, 1.82) is 0 Å². The van der Waals surface area contributed by atoms with Gasteiger partial charge < -0.3 is 5.11 Å². The molecule has 16 heavy (non-hydrogen) atoms. The summed E-state index contributed by atoms with van der Waals surface area (Å²) in [7, 11) is 0. The third-order valence-electron chi connectivity index (χ3n) is 2.09. The molecular formula is C12H10FNOS. The van der Waals surface area contributed by atoms with Gasteiger partial charge in [0.25, 0.3) is 0 Å². The number of rotatable bonds is 3. The van der Waals surface area contributed by atoms with Crippen LogP contribution >= 0.6 is 11.3 Å². The Labute approximate surface area is 96.7 Å². The molecule has 2 aromatic rings. The number of hydrogen-bond acceptors (Lipinski definition) is 3. The summed E-state index contributed by atoms with van der Waals surface area (Å²) in [5, 5.41) is 10.3. The molecule has 0 spiro atoms. The van der Waals surface area contributed by atoms with Gasteiger partial charge in [0, 0.05) is 33.8 Å². The van der Waals surface area contributed by atoms with Gasteiger partial charge in [-0.25, -0.2) is 4.39 Å². The van der Waals surface area contributed by atoms with Crippen molar-refractivity contribution in [3.8, 4) is 10.4 Å². The molecule has 0 saturated carbocycles. The number of aromatic nitrogens is 1. The first-order valence-corrected chi connectivity index (χ1v) is 5.65. The molecule has 0 aliphatic carbocycles. The third kappa shape index (κ3) is 2.35. The largest absolute Gasteiger partial charge is 0.392 e. The van der Waals surface area contributed by atoms with Crippen LogP contribution in [0.3, 0.4) is 0 Å². The number of halogens is 1. The van der Waals surface area contributed by atoms with Gasteiger partial charge in [0.1, 0.15) is 5.83 Å². The molecule has 0 aliphatic heterocycles. The SMILES string of the molecule is OCC=C(F)c1csc(-c2cccnc2)c1. The lowest BCUT2D eigenvalue weighted by Gasteiger charge is -1.94. The minimum atomic E-state index is -0.395. The second-order valence-corrected chi connectivity index (χ2v) is 4.09. The second-order valence-electron chi connectivity index (χ2n) is 3.18. The van der Waals surface area contributed by atoms with Gasteiger partial charge in [0.15, 0.2) is 0 Å². The van der Waals surface area contributed by atoms with Gasteiger partial charge >= 0.3 is 0 Å². The lowest BCUT2D eigenvalue weighted by molar-refractivity contribution is 0.342. The number of thiophene rings is 1. The molecule has 0 amide bonds. The van der Waals surface area contributed by atoms with Crippen LogP contribution in [0.5, 0.6) is 0 Å². The first-order chi connectivity index (χ1) is 7.81. The Balaban J connectivity index is 2.30. The summed E-state index contributed by atoms with van der Waals surface area (Å²) in [4.78, 5) is 4.97. The van der Waals surface area contributed by atoms with Gasteiger partial charge in [-0.1, -0.05) is 6.07 Å². The van der Waals surface area contributed by atoms with Crippen molar-refractivity contribution in [1.82, 2.24) is 4.98 Å². The molecule has 2 rings (SSSR count). The van der Waals surface area contributed by atoms with Crippen molar-refractivity contribution in [3.63, 3.8) is 0 Å². The van der Waals surface area contributed by atoms with Crippen LogP contribution in [0.2, 0.25) is 0 Å². The predicted octanol–water partition coefficient (Wildman–Crippen LogP) is 3.11. The van der Waals surface area contributed by atoms with Crippen molar-refractivity contribution in [2.24, 2.45) is 0 Å². The highest BCUT2D eigenvalue weighted by atomic mass is 32.1. The monoisotopic (exact) mass is 235 g/mol. The summed E-state index contributed by atoms with van der Waals surface area (Å²) in [6.07, 6.45) is 4.59. The van der Waals surface area contributed by atoms with E-state index in [2.05, 4.69) is 4.98 Å². The lowest BCUT2D eigenvalue weighted by Crippen LogP contribution is -1.77.